The van der Waals surface area contributed by atoms with E-state index in [1.54, 1.807) is 0 Å². The Labute approximate surface area is 121 Å². The van der Waals surface area contributed by atoms with Crippen LogP contribution in [0.4, 0.5) is 13.2 Å². The molecule has 0 fully saturated rings. The van der Waals surface area contributed by atoms with Crippen molar-refractivity contribution in [1.29, 1.82) is 0 Å². The molecule has 120 valence electrons. The zero-order valence-corrected chi connectivity index (χ0v) is 13.2. The monoisotopic (exact) mass is 344 g/mol. The summed E-state index contributed by atoms with van der Waals surface area (Å²) in [5.41, 5.74) is -5.08. The topological polar surface area (TPSA) is 68.3 Å². The zero-order chi connectivity index (χ0) is 16.7. The maximum Gasteiger partial charge on any atom is 0.498 e. The van der Waals surface area contributed by atoms with Crippen LogP contribution in [0.3, 0.4) is 0 Å². The van der Waals surface area contributed by atoms with Crippen molar-refractivity contribution >= 4 is 19.7 Å². The summed E-state index contributed by atoms with van der Waals surface area (Å²) in [4.78, 5) is -0.455. The molecule has 1 aromatic rings. The molecule has 0 N–H and O–H groups in total. The highest BCUT2D eigenvalue weighted by Gasteiger charge is 2.48. The standard InChI is InChI=1S/C12H15F3O4S2/c1-11(2,3)9-4-6-10(7-5-9)20(16,17)8-21(18,19)12(13,14)15/h4-7H,8H2,1-3H3. The average Bonchev–Trinajstić information content (AvgIpc) is 2.25. The van der Waals surface area contributed by atoms with Crippen LogP contribution in [0.2, 0.25) is 0 Å². The van der Waals surface area contributed by atoms with Gasteiger partial charge in [-0.3, -0.25) is 0 Å². The number of alkyl halides is 3. The molecule has 0 radical (unpaired) electrons. The van der Waals surface area contributed by atoms with Gasteiger partial charge in [0.05, 0.1) is 4.90 Å². The van der Waals surface area contributed by atoms with Crippen LogP contribution in [-0.2, 0) is 25.1 Å². The van der Waals surface area contributed by atoms with Crippen molar-refractivity contribution in [1.82, 2.24) is 0 Å². The van der Waals surface area contributed by atoms with E-state index in [9.17, 15) is 30.0 Å². The van der Waals surface area contributed by atoms with E-state index in [-0.39, 0.29) is 5.41 Å². The lowest BCUT2D eigenvalue weighted by atomic mass is 9.87. The van der Waals surface area contributed by atoms with Gasteiger partial charge in [0.1, 0.15) is 0 Å². The van der Waals surface area contributed by atoms with Crippen LogP contribution in [0.1, 0.15) is 26.3 Å². The van der Waals surface area contributed by atoms with Gasteiger partial charge in [-0.05, 0) is 23.1 Å². The Kier molecular flexibility index (Phi) is 4.51. The lowest BCUT2D eigenvalue weighted by Gasteiger charge is -2.19. The van der Waals surface area contributed by atoms with Crippen molar-refractivity contribution in [2.45, 2.75) is 36.6 Å². The first-order valence-corrected chi connectivity index (χ1v) is 9.10. The van der Waals surface area contributed by atoms with E-state index in [1.807, 2.05) is 20.8 Å². The Morgan fingerprint density at radius 1 is 0.905 bits per heavy atom. The molecular formula is C12H15F3O4S2. The highest BCUT2D eigenvalue weighted by atomic mass is 32.3. The van der Waals surface area contributed by atoms with Crippen molar-refractivity contribution in [2.75, 3.05) is 5.08 Å². The molecular weight excluding hydrogens is 329 g/mol. The molecule has 0 aliphatic heterocycles. The first kappa shape index (κ1) is 18.0. The van der Waals surface area contributed by atoms with Crippen LogP contribution >= 0.6 is 0 Å². The van der Waals surface area contributed by atoms with Crippen molar-refractivity contribution in [2.24, 2.45) is 0 Å². The van der Waals surface area contributed by atoms with Gasteiger partial charge in [0.15, 0.2) is 14.9 Å². The lowest BCUT2D eigenvalue weighted by molar-refractivity contribution is -0.0431. The average molecular weight is 344 g/mol. The van der Waals surface area contributed by atoms with E-state index in [2.05, 4.69) is 0 Å². The van der Waals surface area contributed by atoms with E-state index >= 15 is 0 Å². The number of sulfone groups is 2. The lowest BCUT2D eigenvalue weighted by Crippen LogP contribution is -2.30. The Bertz CT molecular complexity index is 709. The van der Waals surface area contributed by atoms with E-state index in [1.165, 1.54) is 12.1 Å². The second-order valence-electron chi connectivity index (χ2n) is 5.57. The predicted octanol–water partition coefficient (Wildman–Crippen LogP) is 2.65. The summed E-state index contributed by atoms with van der Waals surface area (Å²) in [5.74, 6) is 0. The molecule has 0 heterocycles. The number of rotatable bonds is 3. The number of hydrogen-bond acceptors (Lipinski definition) is 4. The number of halogens is 3. The molecule has 1 rings (SSSR count). The summed E-state index contributed by atoms with van der Waals surface area (Å²) in [6.45, 7) is 5.64. The minimum Gasteiger partial charge on any atom is -0.223 e. The van der Waals surface area contributed by atoms with Gasteiger partial charge in [-0.2, -0.15) is 13.2 Å². The third kappa shape index (κ3) is 4.19. The molecule has 0 aromatic heterocycles. The quantitative estimate of drug-likeness (QED) is 0.845. The van der Waals surface area contributed by atoms with Crippen LogP contribution < -0.4 is 0 Å². The maximum absolute atomic E-state index is 12.2. The first-order valence-electron chi connectivity index (χ1n) is 5.79. The number of hydrogen-bond donors (Lipinski definition) is 0. The van der Waals surface area contributed by atoms with Gasteiger partial charge >= 0.3 is 5.51 Å². The van der Waals surface area contributed by atoms with Crippen molar-refractivity contribution in [3.8, 4) is 0 Å². The first-order chi connectivity index (χ1) is 9.17. The molecule has 0 saturated heterocycles. The molecule has 4 nitrogen and oxygen atoms in total. The van der Waals surface area contributed by atoms with Gasteiger partial charge in [-0.1, -0.05) is 32.9 Å². The molecule has 0 unspecified atom stereocenters. The highest BCUT2D eigenvalue weighted by Crippen LogP contribution is 2.28. The van der Waals surface area contributed by atoms with Gasteiger partial charge in [0.2, 0.25) is 0 Å². The highest BCUT2D eigenvalue weighted by molar-refractivity contribution is 8.08. The summed E-state index contributed by atoms with van der Waals surface area (Å²) in [6.07, 6.45) is 0. The maximum atomic E-state index is 12.2. The van der Waals surface area contributed by atoms with Crippen LogP contribution in [0.5, 0.6) is 0 Å². The summed E-state index contributed by atoms with van der Waals surface area (Å²) in [6, 6.07) is 5.13. The van der Waals surface area contributed by atoms with E-state index in [0.717, 1.165) is 17.7 Å². The Hall–Kier alpha value is -1.09. The van der Waals surface area contributed by atoms with Gasteiger partial charge in [0.25, 0.3) is 9.84 Å². The Morgan fingerprint density at radius 3 is 1.67 bits per heavy atom. The van der Waals surface area contributed by atoms with Crippen LogP contribution in [0.15, 0.2) is 29.2 Å². The molecule has 9 heteroatoms. The van der Waals surface area contributed by atoms with Crippen molar-refractivity contribution in [3.05, 3.63) is 29.8 Å². The molecule has 0 bridgehead atoms. The minimum absolute atomic E-state index is 0.264. The van der Waals surface area contributed by atoms with Crippen LogP contribution in [0.25, 0.3) is 0 Å². The molecule has 0 amide bonds. The summed E-state index contributed by atoms with van der Waals surface area (Å²) < 4.78 is 82.2. The fraction of sp³-hybridized carbons (Fsp3) is 0.500. The van der Waals surface area contributed by atoms with Crippen LogP contribution in [0, 0.1) is 0 Å². The molecule has 0 atom stereocenters. The Balaban J connectivity index is 3.17. The molecule has 0 saturated carbocycles. The van der Waals surface area contributed by atoms with Crippen LogP contribution in [-0.4, -0.2) is 27.4 Å². The van der Waals surface area contributed by atoms with Crippen molar-refractivity contribution in [3.63, 3.8) is 0 Å². The van der Waals surface area contributed by atoms with Crippen molar-refractivity contribution < 1.29 is 30.0 Å². The zero-order valence-electron chi connectivity index (χ0n) is 11.6. The summed E-state index contributed by atoms with van der Waals surface area (Å²) in [7, 11) is -10.3. The summed E-state index contributed by atoms with van der Waals surface area (Å²) >= 11 is 0. The summed E-state index contributed by atoms with van der Waals surface area (Å²) in [5, 5.41) is -1.99. The van der Waals surface area contributed by atoms with E-state index in [4.69, 9.17) is 0 Å². The van der Waals surface area contributed by atoms with Gasteiger partial charge in [0, 0.05) is 0 Å². The Morgan fingerprint density at radius 2 is 1.33 bits per heavy atom. The van der Waals surface area contributed by atoms with Gasteiger partial charge < -0.3 is 0 Å². The third-order valence-corrected chi connectivity index (χ3v) is 6.92. The third-order valence-electron chi connectivity index (χ3n) is 2.74. The molecule has 0 aliphatic rings. The number of benzene rings is 1. The fourth-order valence-electron chi connectivity index (χ4n) is 1.50. The van der Waals surface area contributed by atoms with E-state index in [0.29, 0.717) is 0 Å². The smallest absolute Gasteiger partial charge is 0.223 e. The normalized spacial score (nSPS) is 14.2. The van der Waals surface area contributed by atoms with E-state index < -0.39 is 35.2 Å². The second kappa shape index (κ2) is 5.28. The van der Waals surface area contributed by atoms with Gasteiger partial charge in [-0.15, -0.1) is 0 Å². The van der Waals surface area contributed by atoms with Gasteiger partial charge in [-0.25, -0.2) is 16.8 Å². The predicted molar refractivity (Wildman–Crippen MR) is 72.2 cm³/mol. The minimum atomic E-state index is -5.73. The SMILES string of the molecule is CC(C)(C)c1ccc(S(=O)(=O)CS(=O)(=O)C(F)(F)F)cc1. The molecule has 1 aromatic carbocycles. The largest absolute Gasteiger partial charge is 0.498 e. The fourth-order valence-corrected chi connectivity index (χ4v) is 4.77. The second-order valence-corrected chi connectivity index (χ2v) is 9.90. The molecule has 0 spiro atoms. The molecule has 0 aliphatic carbocycles. The molecule has 21 heavy (non-hydrogen) atoms.